The molecule has 0 unspecified atom stereocenters. The van der Waals surface area contributed by atoms with E-state index in [0.717, 1.165) is 5.56 Å². The molecule has 0 saturated carbocycles. The summed E-state index contributed by atoms with van der Waals surface area (Å²) in [5.41, 5.74) is 2.34. The van der Waals surface area contributed by atoms with Crippen LogP contribution in [0.15, 0.2) is 48.5 Å². The van der Waals surface area contributed by atoms with Crippen LogP contribution in [-0.2, 0) is 0 Å². The second kappa shape index (κ2) is 8.56. The number of aryl methyl sites for hydroxylation is 1. The SMILES string of the molecule is CNC(=O)c1ccc(C)cc1.CNC(=O)c1ccc(F)cc1. The second-order valence-corrected chi connectivity index (χ2v) is 4.53. The van der Waals surface area contributed by atoms with Gasteiger partial charge in [0.15, 0.2) is 0 Å². The van der Waals surface area contributed by atoms with Crippen molar-refractivity contribution in [3.8, 4) is 0 Å². The first-order chi connectivity index (χ1) is 10.5. The van der Waals surface area contributed by atoms with E-state index in [1.54, 1.807) is 7.05 Å². The van der Waals surface area contributed by atoms with E-state index in [2.05, 4.69) is 10.6 Å². The lowest BCUT2D eigenvalue weighted by atomic mass is 10.1. The van der Waals surface area contributed by atoms with Crippen molar-refractivity contribution in [3.05, 3.63) is 71.0 Å². The summed E-state index contributed by atoms with van der Waals surface area (Å²) < 4.78 is 12.3. The molecule has 2 aromatic carbocycles. The third-order valence-electron chi connectivity index (χ3n) is 2.87. The molecule has 5 heteroatoms. The number of rotatable bonds is 2. The van der Waals surface area contributed by atoms with Gasteiger partial charge in [-0.05, 0) is 43.3 Å². The summed E-state index contributed by atoms with van der Waals surface area (Å²) in [7, 11) is 3.16. The van der Waals surface area contributed by atoms with Gasteiger partial charge in [0.05, 0.1) is 0 Å². The van der Waals surface area contributed by atoms with Gasteiger partial charge in [-0.1, -0.05) is 17.7 Å². The monoisotopic (exact) mass is 302 g/mol. The van der Waals surface area contributed by atoms with E-state index in [0.29, 0.717) is 11.1 Å². The van der Waals surface area contributed by atoms with Crippen molar-refractivity contribution >= 4 is 11.8 Å². The molecule has 0 aliphatic carbocycles. The minimum absolute atomic E-state index is 0.0370. The number of halogens is 1. The fourth-order valence-electron chi connectivity index (χ4n) is 1.59. The quantitative estimate of drug-likeness (QED) is 0.895. The van der Waals surface area contributed by atoms with E-state index in [1.165, 1.54) is 31.3 Å². The first-order valence-corrected chi connectivity index (χ1v) is 6.74. The Morgan fingerprint density at radius 2 is 1.14 bits per heavy atom. The van der Waals surface area contributed by atoms with Crippen LogP contribution in [0.25, 0.3) is 0 Å². The van der Waals surface area contributed by atoms with Crippen LogP contribution in [0.3, 0.4) is 0 Å². The Balaban J connectivity index is 0.000000220. The zero-order valence-electron chi connectivity index (χ0n) is 12.8. The van der Waals surface area contributed by atoms with Crippen LogP contribution in [0.4, 0.5) is 4.39 Å². The predicted octanol–water partition coefficient (Wildman–Crippen LogP) is 2.54. The first kappa shape index (κ1) is 17.4. The Kier molecular flexibility index (Phi) is 6.76. The van der Waals surface area contributed by atoms with Crippen molar-refractivity contribution in [1.82, 2.24) is 10.6 Å². The highest BCUT2D eigenvalue weighted by atomic mass is 19.1. The summed E-state index contributed by atoms with van der Waals surface area (Å²) in [4.78, 5) is 21.9. The molecule has 0 aromatic heterocycles. The Labute approximate surface area is 129 Å². The molecular weight excluding hydrogens is 283 g/mol. The van der Waals surface area contributed by atoms with Crippen molar-refractivity contribution in [2.24, 2.45) is 0 Å². The van der Waals surface area contributed by atoms with Crippen molar-refractivity contribution in [1.29, 1.82) is 0 Å². The number of benzene rings is 2. The average molecular weight is 302 g/mol. The van der Waals surface area contributed by atoms with Crippen molar-refractivity contribution in [2.45, 2.75) is 6.92 Å². The molecule has 0 spiro atoms. The summed E-state index contributed by atoms with van der Waals surface area (Å²) in [5.74, 6) is -0.576. The molecule has 0 aliphatic rings. The summed E-state index contributed by atoms with van der Waals surface area (Å²) in [6.45, 7) is 1.99. The maximum absolute atomic E-state index is 12.3. The van der Waals surface area contributed by atoms with Gasteiger partial charge in [-0.2, -0.15) is 0 Å². The van der Waals surface area contributed by atoms with Crippen LogP contribution >= 0.6 is 0 Å². The molecule has 116 valence electrons. The molecule has 0 bridgehead atoms. The van der Waals surface area contributed by atoms with E-state index in [1.807, 2.05) is 31.2 Å². The van der Waals surface area contributed by atoms with Crippen molar-refractivity contribution < 1.29 is 14.0 Å². The van der Waals surface area contributed by atoms with Gasteiger partial charge in [0.2, 0.25) is 0 Å². The van der Waals surface area contributed by atoms with Gasteiger partial charge in [0.25, 0.3) is 11.8 Å². The molecular formula is C17H19FN2O2. The van der Waals surface area contributed by atoms with Crippen LogP contribution in [-0.4, -0.2) is 25.9 Å². The average Bonchev–Trinajstić information content (AvgIpc) is 2.55. The molecule has 2 N–H and O–H groups in total. The van der Waals surface area contributed by atoms with Crippen molar-refractivity contribution in [3.63, 3.8) is 0 Å². The molecule has 2 rings (SSSR count). The third kappa shape index (κ3) is 5.36. The second-order valence-electron chi connectivity index (χ2n) is 4.53. The highest BCUT2D eigenvalue weighted by Crippen LogP contribution is 2.02. The number of hydrogen-bond donors (Lipinski definition) is 2. The lowest BCUT2D eigenvalue weighted by Crippen LogP contribution is -2.17. The van der Waals surface area contributed by atoms with E-state index in [4.69, 9.17) is 0 Å². The summed E-state index contributed by atoms with van der Waals surface area (Å²) in [6.07, 6.45) is 0. The molecule has 0 fully saturated rings. The number of nitrogens with one attached hydrogen (secondary N) is 2. The summed E-state index contributed by atoms with van der Waals surface area (Å²) in [6, 6.07) is 12.9. The highest BCUT2D eigenvalue weighted by molar-refractivity contribution is 5.94. The molecule has 0 aliphatic heterocycles. The zero-order chi connectivity index (χ0) is 16.5. The fraction of sp³-hybridized carbons (Fsp3) is 0.176. The summed E-state index contributed by atoms with van der Waals surface area (Å²) in [5, 5.41) is 5.00. The number of carbonyl (C=O) groups is 2. The van der Waals surface area contributed by atoms with Gasteiger partial charge < -0.3 is 10.6 Å². The lowest BCUT2D eigenvalue weighted by Gasteiger charge is -1.98. The predicted molar refractivity (Wildman–Crippen MR) is 84.4 cm³/mol. The smallest absolute Gasteiger partial charge is 0.251 e. The Hall–Kier alpha value is -2.69. The van der Waals surface area contributed by atoms with E-state index in [-0.39, 0.29) is 17.6 Å². The largest absolute Gasteiger partial charge is 0.355 e. The highest BCUT2D eigenvalue weighted by Gasteiger charge is 2.01. The van der Waals surface area contributed by atoms with Crippen LogP contribution < -0.4 is 10.6 Å². The first-order valence-electron chi connectivity index (χ1n) is 6.74. The summed E-state index contributed by atoms with van der Waals surface area (Å²) >= 11 is 0. The molecule has 22 heavy (non-hydrogen) atoms. The van der Waals surface area contributed by atoms with Crippen LogP contribution in [0.2, 0.25) is 0 Å². The van der Waals surface area contributed by atoms with Crippen LogP contribution in [0.5, 0.6) is 0 Å². The van der Waals surface area contributed by atoms with Gasteiger partial charge in [-0.25, -0.2) is 4.39 Å². The molecule has 0 heterocycles. The van der Waals surface area contributed by atoms with Gasteiger partial charge in [0.1, 0.15) is 5.82 Å². The van der Waals surface area contributed by atoms with Crippen molar-refractivity contribution in [2.75, 3.05) is 14.1 Å². The van der Waals surface area contributed by atoms with Crippen LogP contribution in [0, 0.1) is 12.7 Å². The Morgan fingerprint density at radius 1 is 0.773 bits per heavy atom. The minimum atomic E-state index is -0.336. The molecule has 2 amide bonds. The van der Waals surface area contributed by atoms with E-state index in [9.17, 15) is 14.0 Å². The molecule has 0 atom stereocenters. The topological polar surface area (TPSA) is 58.2 Å². The maximum Gasteiger partial charge on any atom is 0.251 e. The number of amides is 2. The normalized spacial score (nSPS) is 9.27. The van der Waals surface area contributed by atoms with Gasteiger partial charge in [-0.3, -0.25) is 9.59 Å². The number of carbonyl (C=O) groups excluding carboxylic acids is 2. The molecule has 2 aromatic rings. The Morgan fingerprint density at radius 3 is 1.50 bits per heavy atom. The fourth-order valence-corrected chi connectivity index (χ4v) is 1.59. The molecule has 0 radical (unpaired) electrons. The van der Waals surface area contributed by atoms with Gasteiger partial charge >= 0.3 is 0 Å². The number of hydrogen-bond acceptors (Lipinski definition) is 2. The maximum atomic E-state index is 12.3. The van der Waals surface area contributed by atoms with E-state index >= 15 is 0 Å². The Bertz CT molecular complexity index is 565. The zero-order valence-corrected chi connectivity index (χ0v) is 12.8. The minimum Gasteiger partial charge on any atom is -0.355 e. The third-order valence-corrected chi connectivity index (χ3v) is 2.87. The molecule has 4 nitrogen and oxygen atoms in total. The lowest BCUT2D eigenvalue weighted by molar-refractivity contribution is 0.0955. The van der Waals surface area contributed by atoms with E-state index < -0.39 is 0 Å². The van der Waals surface area contributed by atoms with Gasteiger partial charge in [-0.15, -0.1) is 0 Å². The molecule has 0 saturated heterocycles. The standard InChI is InChI=1S/C9H11NO.C8H8FNO/c1-7-3-5-8(6-4-7)9(11)10-2;1-10-8(11)6-2-4-7(9)5-3-6/h3-6H,1-2H3,(H,10,11);2-5H,1H3,(H,10,11). The van der Waals surface area contributed by atoms with Crippen LogP contribution in [0.1, 0.15) is 26.3 Å². The van der Waals surface area contributed by atoms with Gasteiger partial charge in [0, 0.05) is 25.2 Å².